The summed E-state index contributed by atoms with van der Waals surface area (Å²) in [6.07, 6.45) is 3.47. The number of fused-ring (bicyclic) bond motifs is 1. The predicted octanol–water partition coefficient (Wildman–Crippen LogP) is 2.56. The van der Waals surface area contributed by atoms with E-state index in [2.05, 4.69) is 9.98 Å². The van der Waals surface area contributed by atoms with Crippen molar-refractivity contribution in [3.63, 3.8) is 0 Å². The van der Waals surface area contributed by atoms with Gasteiger partial charge in [-0.3, -0.25) is 0 Å². The maximum Gasteiger partial charge on any atom is 0.235 e. The Balaban J connectivity index is 2.57. The SMILES string of the molecule is CC(N=C=O)c1c[nH]c2ccccc12. The molecule has 0 bridgehead atoms. The second-order valence-electron chi connectivity index (χ2n) is 3.19. The van der Waals surface area contributed by atoms with Crippen LogP contribution in [0.2, 0.25) is 0 Å². The fourth-order valence-electron chi connectivity index (χ4n) is 1.59. The second-order valence-corrected chi connectivity index (χ2v) is 3.19. The molecule has 3 nitrogen and oxygen atoms in total. The van der Waals surface area contributed by atoms with Gasteiger partial charge in [0, 0.05) is 22.7 Å². The Kier molecular flexibility index (Phi) is 2.17. The van der Waals surface area contributed by atoms with Gasteiger partial charge in [-0.1, -0.05) is 18.2 Å². The number of benzene rings is 1. The van der Waals surface area contributed by atoms with Crippen molar-refractivity contribution in [3.8, 4) is 0 Å². The number of carbonyl (C=O) groups excluding carboxylic acids is 1. The summed E-state index contributed by atoms with van der Waals surface area (Å²) in [5.74, 6) is 0. The van der Waals surface area contributed by atoms with Crippen molar-refractivity contribution in [2.45, 2.75) is 13.0 Å². The van der Waals surface area contributed by atoms with Crippen LogP contribution in [-0.2, 0) is 4.79 Å². The Hall–Kier alpha value is -1.86. The third-order valence-corrected chi connectivity index (χ3v) is 2.32. The molecule has 3 heteroatoms. The summed E-state index contributed by atoms with van der Waals surface area (Å²) in [5, 5.41) is 1.11. The minimum Gasteiger partial charge on any atom is -0.361 e. The summed E-state index contributed by atoms with van der Waals surface area (Å²) in [7, 11) is 0. The van der Waals surface area contributed by atoms with Crippen LogP contribution in [0.1, 0.15) is 18.5 Å². The first-order valence-corrected chi connectivity index (χ1v) is 4.46. The van der Waals surface area contributed by atoms with Gasteiger partial charge in [-0.25, -0.2) is 4.79 Å². The third kappa shape index (κ3) is 1.34. The van der Waals surface area contributed by atoms with E-state index >= 15 is 0 Å². The number of isocyanates is 1. The minimum absolute atomic E-state index is 0.136. The molecule has 0 radical (unpaired) electrons. The zero-order valence-electron chi connectivity index (χ0n) is 7.82. The molecule has 0 aliphatic heterocycles. The normalized spacial score (nSPS) is 12.4. The number of aliphatic imine (C=N–C) groups is 1. The zero-order valence-corrected chi connectivity index (χ0v) is 7.82. The molecule has 1 N–H and O–H groups in total. The van der Waals surface area contributed by atoms with Gasteiger partial charge in [-0.2, -0.15) is 4.99 Å². The Morgan fingerprint density at radius 3 is 3.00 bits per heavy atom. The van der Waals surface area contributed by atoms with Crippen molar-refractivity contribution in [2.24, 2.45) is 4.99 Å². The van der Waals surface area contributed by atoms with Crippen LogP contribution in [0.5, 0.6) is 0 Å². The summed E-state index contributed by atoms with van der Waals surface area (Å²) in [6.45, 7) is 1.88. The molecular formula is C11H10N2O. The highest BCUT2D eigenvalue weighted by Crippen LogP contribution is 2.25. The molecular weight excluding hydrogens is 176 g/mol. The van der Waals surface area contributed by atoms with E-state index in [1.807, 2.05) is 37.4 Å². The number of aromatic amines is 1. The quantitative estimate of drug-likeness (QED) is 0.568. The Morgan fingerprint density at radius 2 is 2.21 bits per heavy atom. The molecule has 0 aliphatic carbocycles. The first-order chi connectivity index (χ1) is 6.83. The van der Waals surface area contributed by atoms with E-state index in [1.54, 1.807) is 6.08 Å². The molecule has 0 saturated heterocycles. The second kappa shape index (κ2) is 3.48. The van der Waals surface area contributed by atoms with E-state index in [4.69, 9.17) is 0 Å². The van der Waals surface area contributed by atoms with Crippen LogP contribution in [-0.4, -0.2) is 11.1 Å². The monoisotopic (exact) mass is 186 g/mol. The highest BCUT2D eigenvalue weighted by Gasteiger charge is 2.08. The van der Waals surface area contributed by atoms with E-state index in [0.717, 1.165) is 16.5 Å². The molecule has 0 fully saturated rings. The van der Waals surface area contributed by atoms with Crippen molar-refractivity contribution in [1.82, 2.24) is 4.98 Å². The number of aromatic nitrogens is 1. The molecule has 1 aromatic heterocycles. The van der Waals surface area contributed by atoms with E-state index in [0.29, 0.717) is 0 Å². The summed E-state index contributed by atoms with van der Waals surface area (Å²) in [6, 6.07) is 7.81. The Labute approximate surface area is 81.5 Å². The molecule has 14 heavy (non-hydrogen) atoms. The van der Waals surface area contributed by atoms with Gasteiger partial charge < -0.3 is 4.98 Å². The van der Waals surface area contributed by atoms with Crippen LogP contribution >= 0.6 is 0 Å². The van der Waals surface area contributed by atoms with Gasteiger partial charge in [0.25, 0.3) is 0 Å². The van der Waals surface area contributed by atoms with Crippen molar-refractivity contribution in [1.29, 1.82) is 0 Å². The number of H-pyrrole nitrogens is 1. The fourth-order valence-corrected chi connectivity index (χ4v) is 1.59. The minimum atomic E-state index is -0.136. The number of hydrogen-bond donors (Lipinski definition) is 1. The summed E-state index contributed by atoms with van der Waals surface area (Å²) >= 11 is 0. The van der Waals surface area contributed by atoms with Gasteiger partial charge in [0.15, 0.2) is 0 Å². The first kappa shape index (κ1) is 8.73. The highest BCUT2D eigenvalue weighted by molar-refractivity contribution is 5.83. The molecule has 1 atom stereocenters. The summed E-state index contributed by atoms with van der Waals surface area (Å²) in [5.41, 5.74) is 2.10. The lowest BCUT2D eigenvalue weighted by Crippen LogP contribution is -1.86. The predicted molar refractivity (Wildman–Crippen MR) is 54.8 cm³/mol. The van der Waals surface area contributed by atoms with Gasteiger partial charge in [-0.05, 0) is 13.0 Å². The van der Waals surface area contributed by atoms with Gasteiger partial charge in [0.2, 0.25) is 6.08 Å². The van der Waals surface area contributed by atoms with Gasteiger partial charge in [0.05, 0.1) is 6.04 Å². The standard InChI is InChI=1S/C11H10N2O/c1-8(13-7-14)10-6-12-11-5-3-2-4-9(10)11/h2-6,8,12H,1H3. The molecule has 1 aromatic carbocycles. The molecule has 1 heterocycles. The number of para-hydroxylation sites is 1. The smallest absolute Gasteiger partial charge is 0.235 e. The average Bonchev–Trinajstić information content (AvgIpc) is 2.61. The Bertz CT molecular complexity index is 495. The van der Waals surface area contributed by atoms with E-state index < -0.39 is 0 Å². The lowest BCUT2D eigenvalue weighted by Gasteiger charge is -2.00. The molecule has 0 saturated carbocycles. The van der Waals surface area contributed by atoms with Crippen molar-refractivity contribution in [3.05, 3.63) is 36.0 Å². The topological polar surface area (TPSA) is 45.2 Å². The van der Waals surface area contributed by atoms with Gasteiger partial charge >= 0.3 is 0 Å². The molecule has 0 amide bonds. The first-order valence-electron chi connectivity index (χ1n) is 4.46. The Morgan fingerprint density at radius 1 is 1.43 bits per heavy atom. The average molecular weight is 186 g/mol. The third-order valence-electron chi connectivity index (χ3n) is 2.32. The van der Waals surface area contributed by atoms with Crippen molar-refractivity contribution < 1.29 is 4.79 Å². The van der Waals surface area contributed by atoms with Crippen LogP contribution in [0.3, 0.4) is 0 Å². The molecule has 70 valence electrons. The summed E-state index contributed by atoms with van der Waals surface area (Å²) in [4.78, 5) is 17.0. The molecule has 1 unspecified atom stereocenters. The maximum atomic E-state index is 10.1. The van der Waals surface area contributed by atoms with Crippen LogP contribution in [0.25, 0.3) is 10.9 Å². The van der Waals surface area contributed by atoms with E-state index in [9.17, 15) is 4.79 Å². The zero-order chi connectivity index (χ0) is 9.97. The number of rotatable bonds is 2. The van der Waals surface area contributed by atoms with Crippen molar-refractivity contribution >= 4 is 17.0 Å². The van der Waals surface area contributed by atoms with E-state index in [-0.39, 0.29) is 6.04 Å². The fraction of sp³-hybridized carbons (Fsp3) is 0.182. The lowest BCUT2D eigenvalue weighted by molar-refractivity contribution is 0.559. The van der Waals surface area contributed by atoms with Crippen LogP contribution in [0, 0.1) is 0 Å². The molecule has 2 rings (SSSR count). The largest absolute Gasteiger partial charge is 0.361 e. The number of hydrogen-bond acceptors (Lipinski definition) is 2. The highest BCUT2D eigenvalue weighted by atomic mass is 16.1. The summed E-state index contributed by atoms with van der Waals surface area (Å²) < 4.78 is 0. The van der Waals surface area contributed by atoms with Gasteiger partial charge in [0.1, 0.15) is 0 Å². The molecule has 2 aromatic rings. The number of nitrogens with zero attached hydrogens (tertiary/aromatic N) is 1. The number of nitrogens with one attached hydrogen (secondary N) is 1. The lowest BCUT2D eigenvalue weighted by atomic mass is 10.1. The van der Waals surface area contributed by atoms with Gasteiger partial charge in [-0.15, -0.1) is 0 Å². The molecule has 0 aliphatic rings. The van der Waals surface area contributed by atoms with E-state index in [1.165, 1.54) is 0 Å². The van der Waals surface area contributed by atoms with Crippen LogP contribution in [0.4, 0.5) is 0 Å². The van der Waals surface area contributed by atoms with Crippen LogP contribution < -0.4 is 0 Å². The van der Waals surface area contributed by atoms with Crippen LogP contribution in [0.15, 0.2) is 35.5 Å². The maximum absolute atomic E-state index is 10.1. The van der Waals surface area contributed by atoms with Crippen molar-refractivity contribution in [2.75, 3.05) is 0 Å². The molecule has 0 spiro atoms.